The molecular weight excluding hydrogens is 204 g/mol. The molecule has 0 saturated heterocycles. The Labute approximate surface area is 95.3 Å². The van der Waals surface area contributed by atoms with Crippen LogP contribution in [0.5, 0.6) is 0 Å². The van der Waals surface area contributed by atoms with E-state index in [1.54, 1.807) is 6.92 Å². The monoisotopic (exact) mass is 220 g/mol. The molecule has 0 aliphatic rings. The summed E-state index contributed by atoms with van der Waals surface area (Å²) in [6.45, 7) is 5.93. The van der Waals surface area contributed by atoms with Gasteiger partial charge in [-0.15, -0.1) is 0 Å². The number of ether oxygens (including phenoxy) is 1. The van der Waals surface area contributed by atoms with Gasteiger partial charge in [0.2, 0.25) is 0 Å². The van der Waals surface area contributed by atoms with Gasteiger partial charge in [-0.25, -0.2) is 10.2 Å². The molecule has 1 N–H and O–H groups in total. The van der Waals surface area contributed by atoms with E-state index in [2.05, 4.69) is 10.5 Å². The summed E-state index contributed by atoms with van der Waals surface area (Å²) in [7, 11) is 0. The van der Waals surface area contributed by atoms with Crippen molar-refractivity contribution < 1.29 is 9.53 Å². The van der Waals surface area contributed by atoms with E-state index in [4.69, 9.17) is 4.74 Å². The lowest BCUT2D eigenvalue weighted by atomic mass is 10.1. The van der Waals surface area contributed by atoms with Gasteiger partial charge in [-0.3, -0.25) is 0 Å². The molecule has 0 bridgehead atoms. The Morgan fingerprint density at radius 1 is 1.44 bits per heavy atom. The zero-order valence-corrected chi connectivity index (χ0v) is 9.78. The number of hydrogen-bond donors (Lipinski definition) is 1. The number of aryl methyl sites for hydroxylation is 1. The molecule has 0 saturated carbocycles. The highest BCUT2D eigenvalue weighted by atomic mass is 16.5. The molecule has 16 heavy (non-hydrogen) atoms. The second kappa shape index (κ2) is 5.90. The fourth-order valence-corrected chi connectivity index (χ4v) is 1.33. The Bertz CT molecular complexity index is 400. The zero-order chi connectivity index (χ0) is 12.0. The summed E-state index contributed by atoms with van der Waals surface area (Å²) in [6.07, 6.45) is -0.532. The van der Waals surface area contributed by atoms with Gasteiger partial charge in [0, 0.05) is 5.56 Å². The van der Waals surface area contributed by atoms with Crippen LogP contribution in [0.2, 0.25) is 0 Å². The second-order valence-electron chi connectivity index (χ2n) is 3.34. The van der Waals surface area contributed by atoms with Crippen molar-refractivity contribution in [3.63, 3.8) is 0 Å². The third-order valence-corrected chi connectivity index (χ3v) is 2.13. The third kappa shape index (κ3) is 3.38. The van der Waals surface area contributed by atoms with E-state index < -0.39 is 6.09 Å². The quantitative estimate of drug-likeness (QED) is 0.628. The molecule has 1 rings (SSSR count). The van der Waals surface area contributed by atoms with E-state index in [0.29, 0.717) is 6.61 Å². The molecule has 0 spiro atoms. The highest BCUT2D eigenvalue weighted by Crippen LogP contribution is 2.07. The van der Waals surface area contributed by atoms with E-state index in [9.17, 15) is 4.79 Å². The number of carbonyl (C=O) groups excluding carboxylic acids is 1. The molecule has 0 heterocycles. The average Bonchev–Trinajstić information content (AvgIpc) is 2.27. The van der Waals surface area contributed by atoms with E-state index in [0.717, 1.165) is 16.8 Å². The van der Waals surface area contributed by atoms with E-state index in [-0.39, 0.29) is 0 Å². The number of nitrogens with one attached hydrogen (secondary N) is 1. The van der Waals surface area contributed by atoms with Gasteiger partial charge >= 0.3 is 6.09 Å². The van der Waals surface area contributed by atoms with Crippen LogP contribution in [0.4, 0.5) is 4.79 Å². The SMILES string of the molecule is CCOC(=O)N/N=C(\C)c1ccccc1C. The lowest BCUT2D eigenvalue weighted by molar-refractivity contribution is 0.152. The minimum Gasteiger partial charge on any atom is -0.449 e. The molecule has 1 aromatic carbocycles. The molecule has 4 nitrogen and oxygen atoms in total. The van der Waals surface area contributed by atoms with Crippen molar-refractivity contribution >= 4 is 11.8 Å². The molecule has 0 atom stereocenters. The Kier molecular flexibility index (Phi) is 4.51. The molecule has 1 aromatic rings. The Morgan fingerprint density at radius 3 is 2.75 bits per heavy atom. The van der Waals surface area contributed by atoms with Crippen LogP contribution >= 0.6 is 0 Å². The van der Waals surface area contributed by atoms with Gasteiger partial charge in [0.25, 0.3) is 0 Å². The average molecular weight is 220 g/mol. The minimum atomic E-state index is -0.532. The van der Waals surface area contributed by atoms with Crippen LogP contribution in [-0.4, -0.2) is 18.4 Å². The molecule has 0 aromatic heterocycles. The number of nitrogens with zero attached hydrogens (tertiary/aromatic N) is 1. The molecule has 86 valence electrons. The lowest BCUT2D eigenvalue weighted by Gasteiger charge is -2.05. The van der Waals surface area contributed by atoms with Crippen LogP contribution in [-0.2, 0) is 4.74 Å². The van der Waals surface area contributed by atoms with Crippen molar-refractivity contribution in [2.45, 2.75) is 20.8 Å². The molecule has 0 aliphatic carbocycles. The van der Waals surface area contributed by atoms with Crippen LogP contribution in [0.3, 0.4) is 0 Å². The predicted octanol–water partition coefficient (Wildman–Crippen LogP) is 2.47. The number of amides is 1. The normalized spacial score (nSPS) is 11.1. The molecule has 1 amide bonds. The highest BCUT2D eigenvalue weighted by Gasteiger charge is 2.02. The maximum Gasteiger partial charge on any atom is 0.427 e. The summed E-state index contributed by atoms with van der Waals surface area (Å²) < 4.78 is 4.70. The fourth-order valence-electron chi connectivity index (χ4n) is 1.33. The van der Waals surface area contributed by atoms with Crippen molar-refractivity contribution in [3.8, 4) is 0 Å². The first-order valence-electron chi connectivity index (χ1n) is 5.18. The summed E-state index contributed by atoms with van der Waals surface area (Å²) in [5.41, 5.74) is 5.22. The predicted molar refractivity (Wildman–Crippen MR) is 63.5 cm³/mol. The largest absolute Gasteiger partial charge is 0.449 e. The van der Waals surface area contributed by atoms with Gasteiger partial charge < -0.3 is 4.74 Å². The standard InChI is InChI=1S/C12H16N2O2/c1-4-16-12(15)14-13-10(3)11-8-6-5-7-9(11)2/h5-8H,4H2,1-3H3,(H,14,15)/b13-10+. The zero-order valence-electron chi connectivity index (χ0n) is 9.78. The van der Waals surface area contributed by atoms with Crippen LogP contribution in [0.25, 0.3) is 0 Å². The summed E-state index contributed by atoms with van der Waals surface area (Å²) in [4.78, 5) is 11.0. The Morgan fingerprint density at radius 2 is 2.12 bits per heavy atom. The molecule has 0 fully saturated rings. The van der Waals surface area contributed by atoms with E-state index in [1.165, 1.54) is 0 Å². The van der Waals surface area contributed by atoms with Crippen molar-refractivity contribution in [3.05, 3.63) is 35.4 Å². The van der Waals surface area contributed by atoms with Crippen LogP contribution in [0, 0.1) is 6.92 Å². The molecule has 0 aliphatic heterocycles. The number of benzene rings is 1. The first-order valence-corrected chi connectivity index (χ1v) is 5.18. The van der Waals surface area contributed by atoms with Gasteiger partial charge in [0.1, 0.15) is 0 Å². The number of carbonyl (C=O) groups is 1. The summed E-state index contributed by atoms with van der Waals surface area (Å²) in [5, 5.41) is 3.97. The van der Waals surface area contributed by atoms with Crippen molar-refractivity contribution in [2.24, 2.45) is 5.10 Å². The molecular formula is C12H16N2O2. The Balaban J connectivity index is 2.71. The van der Waals surface area contributed by atoms with Gasteiger partial charge in [0.15, 0.2) is 0 Å². The maximum atomic E-state index is 11.0. The van der Waals surface area contributed by atoms with Crippen LogP contribution < -0.4 is 5.43 Å². The summed E-state index contributed by atoms with van der Waals surface area (Å²) >= 11 is 0. The molecule has 0 unspecified atom stereocenters. The van der Waals surface area contributed by atoms with Gasteiger partial charge in [0.05, 0.1) is 12.3 Å². The summed E-state index contributed by atoms with van der Waals surface area (Å²) in [5.74, 6) is 0. The van der Waals surface area contributed by atoms with Gasteiger partial charge in [-0.1, -0.05) is 24.3 Å². The second-order valence-corrected chi connectivity index (χ2v) is 3.34. The first kappa shape index (κ1) is 12.2. The van der Waals surface area contributed by atoms with Crippen molar-refractivity contribution in [2.75, 3.05) is 6.61 Å². The molecule has 0 radical (unpaired) electrons. The lowest BCUT2D eigenvalue weighted by Crippen LogP contribution is -2.20. The number of hydrazone groups is 1. The van der Waals surface area contributed by atoms with E-state index >= 15 is 0 Å². The summed E-state index contributed by atoms with van der Waals surface area (Å²) in [6, 6.07) is 7.86. The fraction of sp³-hybridized carbons (Fsp3) is 0.333. The van der Waals surface area contributed by atoms with E-state index in [1.807, 2.05) is 38.1 Å². The number of hydrogen-bond acceptors (Lipinski definition) is 3. The Hall–Kier alpha value is -1.84. The topological polar surface area (TPSA) is 50.7 Å². The van der Waals surface area contributed by atoms with Gasteiger partial charge in [-0.05, 0) is 26.3 Å². The van der Waals surface area contributed by atoms with Crippen molar-refractivity contribution in [1.29, 1.82) is 0 Å². The van der Waals surface area contributed by atoms with Crippen molar-refractivity contribution in [1.82, 2.24) is 5.43 Å². The number of rotatable bonds is 3. The smallest absolute Gasteiger partial charge is 0.427 e. The molecule has 4 heteroatoms. The van der Waals surface area contributed by atoms with Crippen LogP contribution in [0.15, 0.2) is 29.4 Å². The highest BCUT2D eigenvalue weighted by molar-refractivity contribution is 6.00. The van der Waals surface area contributed by atoms with Crippen LogP contribution in [0.1, 0.15) is 25.0 Å². The third-order valence-electron chi connectivity index (χ3n) is 2.13. The first-order chi connectivity index (χ1) is 7.65. The van der Waals surface area contributed by atoms with Gasteiger partial charge in [-0.2, -0.15) is 5.10 Å². The maximum absolute atomic E-state index is 11.0. The minimum absolute atomic E-state index is 0.338.